The van der Waals surface area contributed by atoms with Crippen molar-refractivity contribution in [2.75, 3.05) is 16.8 Å². The largest absolute Gasteiger partial charge is 0.485 e. The minimum absolute atomic E-state index is 0.00475. The molecule has 1 saturated heterocycles. The predicted molar refractivity (Wildman–Crippen MR) is 63.9 cm³/mol. The van der Waals surface area contributed by atoms with Crippen molar-refractivity contribution in [3.05, 3.63) is 23.8 Å². The number of carbonyl (C=O) groups is 1. The van der Waals surface area contributed by atoms with E-state index in [1.54, 1.807) is 6.07 Å². The first-order chi connectivity index (χ1) is 8.44. The average Bonchev–Trinajstić information content (AvgIpc) is 2.57. The summed E-state index contributed by atoms with van der Waals surface area (Å²) in [4.78, 5) is 10.9. The molecule has 2 N–H and O–H groups in total. The van der Waals surface area contributed by atoms with Crippen LogP contribution in [0.4, 0.5) is 5.69 Å². The maximum absolute atomic E-state index is 11.5. The maximum atomic E-state index is 11.5. The fraction of sp³-hybridized carbons (Fsp3) is 0.364. The van der Waals surface area contributed by atoms with E-state index in [0.717, 1.165) is 0 Å². The zero-order valence-electron chi connectivity index (χ0n) is 9.29. The molecule has 1 fully saturated rings. The highest BCUT2D eigenvalue weighted by atomic mass is 32.2. The second-order valence-electron chi connectivity index (χ2n) is 4.50. The van der Waals surface area contributed by atoms with Gasteiger partial charge in [0.25, 0.3) is 0 Å². The highest BCUT2D eigenvalue weighted by molar-refractivity contribution is 7.91. The van der Waals surface area contributed by atoms with E-state index >= 15 is 0 Å². The number of hydrogen-bond donors (Lipinski definition) is 2. The molecule has 7 heteroatoms. The summed E-state index contributed by atoms with van der Waals surface area (Å²) in [5.74, 6) is -0.502. The van der Waals surface area contributed by atoms with Crippen LogP contribution in [0.1, 0.15) is 10.4 Å². The van der Waals surface area contributed by atoms with Crippen LogP contribution in [0.25, 0.3) is 0 Å². The third kappa shape index (κ3) is 1.80. The SMILES string of the molecule is O=C(O)c1ccc2c(c1)NC1CS(=O)(=O)CC1O2. The lowest BCUT2D eigenvalue weighted by atomic mass is 10.1. The van der Waals surface area contributed by atoms with E-state index in [-0.39, 0.29) is 23.1 Å². The number of nitrogens with one attached hydrogen (secondary N) is 1. The predicted octanol–water partition coefficient (Wildman–Crippen LogP) is 0.355. The molecule has 96 valence electrons. The molecule has 0 radical (unpaired) electrons. The molecular formula is C11H11NO5S. The van der Waals surface area contributed by atoms with E-state index in [1.165, 1.54) is 12.1 Å². The van der Waals surface area contributed by atoms with Gasteiger partial charge in [-0.1, -0.05) is 0 Å². The third-order valence-corrected chi connectivity index (χ3v) is 4.85. The van der Waals surface area contributed by atoms with Gasteiger partial charge >= 0.3 is 5.97 Å². The van der Waals surface area contributed by atoms with Gasteiger partial charge in [-0.15, -0.1) is 0 Å². The third-order valence-electron chi connectivity index (χ3n) is 3.15. The maximum Gasteiger partial charge on any atom is 0.335 e. The fourth-order valence-corrected chi connectivity index (χ4v) is 4.09. The van der Waals surface area contributed by atoms with Crippen LogP contribution in [-0.4, -0.2) is 43.1 Å². The Morgan fingerprint density at radius 2 is 2.17 bits per heavy atom. The Hall–Kier alpha value is -1.76. The summed E-state index contributed by atoms with van der Waals surface area (Å²) in [5.41, 5.74) is 0.678. The average molecular weight is 269 g/mol. The summed E-state index contributed by atoms with van der Waals surface area (Å²) in [6, 6.07) is 4.14. The molecule has 2 aliphatic heterocycles. The number of ether oxygens (including phenoxy) is 1. The van der Waals surface area contributed by atoms with Crippen molar-refractivity contribution in [2.24, 2.45) is 0 Å². The number of fused-ring (bicyclic) bond motifs is 2. The molecule has 1 aromatic carbocycles. The quantitative estimate of drug-likeness (QED) is 0.764. The van der Waals surface area contributed by atoms with Gasteiger partial charge in [-0.05, 0) is 18.2 Å². The molecule has 2 unspecified atom stereocenters. The second-order valence-corrected chi connectivity index (χ2v) is 6.65. The highest BCUT2D eigenvalue weighted by Crippen LogP contribution is 2.35. The molecule has 0 aliphatic carbocycles. The van der Waals surface area contributed by atoms with Gasteiger partial charge in [-0.2, -0.15) is 0 Å². The number of rotatable bonds is 1. The molecule has 0 bridgehead atoms. The van der Waals surface area contributed by atoms with Gasteiger partial charge < -0.3 is 15.2 Å². The van der Waals surface area contributed by atoms with Crippen LogP contribution >= 0.6 is 0 Å². The molecule has 0 spiro atoms. The molecule has 6 nitrogen and oxygen atoms in total. The van der Waals surface area contributed by atoms with Crippen LogP contribution in [0.5, 0.6) is 5.75 Å². The first kappa shape index (κ1) is 11.3. The molecule has 18 heavy (non-hydrogen) atoms. The van der Waals surface area contributed by atoms with E-state index in [2.05, 4.69) is 5.32 Å². The first-order valence-corrected chi connectivity index (χ1v) is 7.28. The van der Waals surface area contributed by atoms with Gasteiger partial charge in [0, 0.05) is 0 Å². The van der Waals surface area contributed by atoms with E-state index in [4.69, 9.17) is 9.84 Å². The summed E-state index contributed by atoms with van der Waals surface area (Å²) >= 11 is 0. The van der Waals surface area contributed by atoms with Crippen LogP contribution in [0, 0.1) is 0 Å². The molecule has 3 rings (SSSR count). The van der Waals surface area contributed by atoms with Crippen molar-refractivity contribution in [3.63, 3.8) is 0 Å². The molecule has 0 amide bonds. The van der Waals surface area contributed by atoms with Crippen LogP contribution in [0.3, 0.4) is 0 Å². The monoisotopic (exact) mass is 269 g/mol. The molecule has 2 heterocycles. The topological polar surface area (TPSA) is 92.7 Å². The van der Waals surface area contributed by atoms with Crippen LogP contribution in [0.2, 0.25) is 0 Å². The Kier molecular flexibility index (Phi) is 2.28. The van der Waals surface area contributed by atoms with Gasteiger partial charge in [0.1, 0.15) is 11.9 Å². The summed E-state index contributed by atoms with van der Waals surface area (Å²) in [6.45, 7) is 0. The second kappa shape index (κ2) is 3.61. The number of benzene rings is 1. The smallest absolute Gasteiger partial charge is 0.335 e. The van der Waals surface area contributed by atoms with Crippen LogP contribution in [0.15, 0.2) is 18.2 Å². The summed E-state index contributed by atoms with van der Waals surface area (Å²) < 4.78 is 28.6. The van der Waals surface area contributed by atoms with Gasteiger partial charge in [-0.3, -0.25) is 0 Å². The normalized spacial score (nSPS) is 27.6. The molecule has 2 atom stereocenters. The molecule has 2 aliphatic rings. The van der Waals surface area contributed by atoms with Gasteiger partial charge in [0.15, 0.2) is 9.84 Å². The van der Waals surface area contributed by atoms with E-state index < -0.39 is 21.9 Å². The van der Waals surface area contributed by atoms with E-state index in [0.29, 0.717) is 11.4 Å². The Morgan fingerprint density at radius 1 is 1.39 bits per heavy atom. The zero-order chi connectivity index (χ0) is 12.9. The lowest BCUT2D eigenvalue weighted by Crippen LogP contribution is -2.40. The molecule has 1 aromatic rings. The number of hydrogen-bond acceptors (Lipinski definition) is 5. The Balaban J connectivity index is 1.95. The Bertz CT molecular complexity index is 624. The fourth-order valence-electron chi connectivity index (χ4n) is 2.31. The molecule has 0 saturated carbocycles. The van der Waals surface area contributed by atoms with Crippen LogP contribution in [-0.2, 0) is 9.84 Å². The van der Waals surface area contributed by atoms with E-state index in [1.807, 2.05) is 0 Å². The lowest BCUT2D eigenvalue weighted by Gasteiger charge is -2.29. The number of sulfone groups is 1. The van der Waals surface area contributed by atoms with Crippen molar-refractivity contribution in [1.29, 1.82) is 0 Å². The van der Waals surface area contributed by atoms with Crippen molar-refractivity contribution in [2.45, 2.75) is 12.1 Å². The highest BCUT2D eigenvalue weighted by Gasteiger charge is 2.42. The van der Waals surface area contributed by atoms with Gasteiger partial charge in [0.2, 0.25) is 0 Å². The minimum atomic E-state index is -3.08. The molecular weight excluding hydrogens is 258 g/mol. The summed E-state index contributed by atoms with van der Waals surface area (Å²) in [7, 11) is -3.08. The van der Waals surface area contributed by atoms with Crippen molar-refractivity contribution in [1.82, 2.24) is 0 Å². The summed E-state index contributed by atoms with van der Waals surface area (Å²) in [5, 5.41) is 11.9. The zero-order valence-corrected chi connectivity index (χ0v) is 10.1. The molecule has 0 aromatic heterocycles. The number of carboxylic acid groups (broad SMARTS) is 1. The Morgan fingerprint density at radius 3 is 2.89 bits per heavy atom. The summed E-state index contributed by atoms with van der Waals surface area (Å²) in [6.07, 6.45) is -0.391. The van der Waals surface area contributed by atoms with Crippen molar-refractivity contribution < 1.29 is 23.1 Å². The number of aromatic carboxylic acids is 1. The minimum Gasteiger partial charge on any atom is -0.485 e. The lowest BCUT2D eigenvalue weighted by molar-refractivity contribution is 0.0697. The Labute approximate surface area is 103 Å². The van der Waals surface area contributed by atoms with Crippen LogP contribution < -0.4 is 10.1 Å². The van der Waals surface area contributed by atoms with Gasteiger partial charge in [-0.25, -0.2) is 13.2 Å². The van der Waals surface area contributed by atoms with Gasteiger partial charge in [0.05, 0.1) is 28.8 Å². The number of anilines is 1. The van der Waals surface area contributed by atoms with Crippen molar-refractivity contribution >= 4 is 21.5 Å². The van der Waals surface area contributed by atoms with E-state index in [9.17, 15) is 13.2 Å². The number of carboxylic acids is 1. The first-order valence-electron chi connectivity index (χ1n) is 5.45. The standard InChI is InChI=1S/C11H11NO5S/c13-11(14)6-1-2-9-7(3-6)12-8-4-18(15,16)5-10(8)17-9/h1-3,8,10,12H,4-5H2,(H,13,14). The van der Waals surface area contributed by atoms with Crippen molar-refractivity contribution in [3.8, 4) is 5.75 Å².